The standard InChI is InChI=1S/C9H4ClFN2O3S/c10-7-4-17-9(12-7)16-8-5(11)2-1-3-6(8)13(14)15/h1-4H. The van der Waals surface area contributed by atoms with E-state index in [0.29, 0.717) is 0 Å². The Morgan fingerprint density at radius 2 is 2.29 bits per heavy atom. The predicted molar refractivity (Wildman–Crippen MR) is 60.3 cm³/mol. The molecule has 88 valence electrons. The first kappa shape index (κ1) is 11.7. The second kappa shape index (κ2) is 4.64. The zero-order chi connectivity index (χ0) is 12.4. The van der Waals surface area contributed by atoms with Crippen LogP contribution in [0.4, 0.5) is 10.1 Å². The minimum Gasteiger partial charge on any atom is -0.420 e. The zero-order valence-electron chi connectivity index (χ0n) is 8.09. The van der Waals surface area contributed by atoms with Crippen molar-refractivity contribution in [3.8, 4) is 10.9 Å². The van der Waals surface area contributed by atoms with Crippen LogP contribution in [0.25, 0.3) is 0 Å². The molecule has 0 amide bonds. The van der Waals surface area contributed by atoms with E-state index < -0.39 is 22.2 Å². The quantitative estimate of drug-likeness (QED) is 0.633. The maximum atomic E-state index is 13.4. The van der Waals surface area contributed by atoms with Crippen LogP contribution >= 0.6 is 22.9 Å². The van der Waals surface area contributed by atoms with Crippen molar-refractivity contribution in [2.24, 2.45) is 0 Å². The number of benzene rings is 1. The Kier molecular flexibility index (Phi) is 3.21. The number of hydrogen-bond acceptors (Lipinski definition) is 5. The summed E-state index contributed by atoms with van der Waals surface area (Å²) in [6.45, 7) is 0. The summed E-state index contributed by atoms with van der Waals surface area (Å²) in [6.07, 6.45) is 0. The highest BCUT2D eigenvalue weighted by Gasteiger charge is 2.21. The van der Waals surface area contributed by atoms with Crippen LogP contribution in [0.5, 0.6) is 10.9 Å². The first-order valence-electron chi connectivity index (χ1n) is 4.29. The van der Waals surface area contributed by atoms with Crippen molar-refractivity contribution in [2.75, 3.05) is 0 Å². The fourth-order valence-electron chi connectivity index (χ4n) is 1.12. The highest BCUT2D eigenvalue weighted by atomic mass is 35.5. The van der Waals surface area contributed by atoms with E-state index in [4.69, 9.17) is 16.3 Å². The van der Waals surface area contributed by atoms with Gasteiger partial charge >= 0.3 is 5.69 Å². The maximum Gasteiger partial charge on any atom is 0.314 e. The van der Waals surface area contributed by atoms with Gasteiger partial charge in [0.05, 0.1) is 4.92 Å². The molecule has 1 aromatic heterocycles. The molecule has 0 fully saturated rings. The zero-order valence-corrected chi connectivity index (χ0v) is 9.67. The second-order valence-electron chi connectivity index (χ2n) is 2.88. The summed E-state index contributed by atoms with van der Waals surface area (Å²) >= 11 is 6.58. The minimum absolute atomic E-state index is 0.0446. The third-order valence-corrected chi connectivity index (χ3v) is 2.83. The Labute approximate surface area is 104 Å². The van der Waals surface area contributed by atoms with Gasteiger partial charge in [0.1, 0.15) is 5.15 Å². The molecule has 0 unspecified atom stereocenters. The lowest BCUT2D eigenvalue weighted by atomic mass is 10.3. The van der Waals surface area contributed by atoms with Gasteiger partial charge in [0.2, 0.25) is 5.75 Å². The van der Waals surface area contributed by atoms with Crippen LogP contribution in [0.2, 0.25) is 5.15 Å². The molecule has 1 aromatic carbocycles. The number of rotatable bonds is 3. The van der Waals surface area contributed by atoms with Crippen LogP contribution in [-0.4, -0.2) is 9.91 Å². The summed E-state index contributed by atoms with van der Waals surface area (Å²) in [6, 6.07) is 3.44. The molecule has 2 rings (SSSR count). The van der Waals surface area contributed by atoms with Gasteiger partial charge in [-0.3, -0.25) is 10.1 Å². The van der Waals surface area contributed by atoms with Gasteiger partial charge in [-0.2, -0.15) is 4.98 Å². The third kappa shape index (κ3) is 2.51. The van der Waals surface area contributed by atoms with Crippen molar-refractivity contribution in [1.29, 1.82) is 0 Å². The summed E-state index contributed by atoms with van der Waals surface area (Å²) in [5, 5.41) is 12.4. The van der Waals surface area contributed by atoms with Crippen molar-refractivity contribution < 1.29 is 14.1 Å². The first-order chi connectivity index (χ1) is 8.08. The Balaban J connectivity index is 2.40. The van der Waals surface area contributed by atoms with E-state index in [9.17, 15) is 14.5 Å². The lowest BCUT2D eigenvalue weighted by Crippen LogP contribution is -1.95. The van der Waals surface area contributed by atoms with E-state index in [2.05, 4.69) is 4.98 Å². The van der Waals surface area contributed by atoms with Crippen molar-refractivity contribution in [1.82, 2.24) is 4.98 Å². The van der Waals surface area contributed by atoms with Crippen LogP contribution in [-0.2, 0) is 0 Å². The Morgan fingerprint density at radius 3 is 2.88 bits per heavy atom. The predicted octanol–water partition coefficient (Wildman–Crippen LogP) is 3.64. The average molecular weight is 275 g/mol. The van der Waals surface area contributed by atoms with Gasteiger partial charge < -0.3 is 4.74 Å². The van der Waals surface area contributed by atoms with Crippen LogP contribution in [0.1, 0.15) is 0 Å². The van der Waals surface area contributed by atoms with Crippen molar-refractivity contribution in [2.45, 2.75) is 0 Å². The van der Waals surface area contributed by atoms with E-state index in [1.807, 2.05) is 0 Å². The molecule has 0 bridgehead atoms. The number of nitro benzene ring substituents is 1. The number of hydrogen-bond donors (Lipinski definition) is 0. The van der Waals surface area contributed by atoms with Gasteiger partial charge in [0.25, 0.3) is 5.19 Å². The van der Waals surface area contributed by atoms with Crippen LogP contribution in [0.3, 0.4) is 0 Å². The topological polar surface area (TPSA) is 65.3 Å². The van der Waals surface area contributed by atoms with Crippen molar-refractivity contribution >= 4 is 28.6 Å². The molecule has 0 radical (unpaired) electrons. The Bertz CT molecular complexity index is 575. The monoisotopic (exact) mass is 274 g/mol. The fraction of sp³-hybridized carbons (Fsp3) is 0. The maximum absolute atomic E-state index is 13.4. The van der Waals surface area contributed by atoms with Gasteiger partial charge in [-0.05, 0) is 6.07 Å². The Morgan fingerprint density at radius 1 is 1.53 bits per heavy atom. The third-order valence-electron chi connectivity index (χ3n) is 1.79. The molecule has 0 spiro atoms. The summed E-state index contributed by atoms with van der Waals surface area (Å²) in [5.74, 6) is -1.30. The molecule has 1 heterocycles. The molecule has 0 aliphatic rings. The largest absolute Gasteiger partial charge is 0.420 e. The summed E-state index contributed by atoms with van der Waals surface area (Å²) in [4.78, 5) is 13.7. The second-order valence-corrected chi connectivity index (χ2v) is 4.09. The summed E-state index contributed by atoms with van der Waals surface area (Å²) in [7, 11) is 0. The summed E-state index contributed by atoms with van der Waals surface area (Å²) in [5.41, 5.74) is -0.462. The molecule has 0 N–H and O–H groups in total. The van der Waals surface area contributed by atoms with E-state index in [0.717, 1.165) is 23.5 Å². The van der Waals surface area contributed by atoms with Crippen LogP contribution in [0.15, 0.2) is 23.6 Å². The minimum atomic E-state index is -0.828. The van der Waals surface area contributed by atoms with E-state index in [-0.39, 0.29) is 10.3 Å². The number of aromatic nitrogens is 1. The van der Waals surface area contributed by atoms with E-state index in [1.54, 1.807) is 0 Å². The number of para-hydroxylation sites is 1. The van der Waals surface area contributed by atoms with Gasteiger partial charge in [-0.25, -0.2) is 4.39 Å². The van der Waals surface area contributed by atoms with Gasteiger partial charge in [-0.1, -0.05) is 29.0 Å². The number of nitro groups is 1. The molecule has 0 saturated heterocycles. The lowest BCUT2D eigenvalue weighted by Gasteiger charge is -2.03. The number of thiazole rings is 1. The lowest BCUT2D eigenvalue weighted by molar-refractivity contribution is -0.385. The highest BCUT2D eigenvalue weighted by Crippen LogP contribution is 2.35. The molecule has 2 aromatic rings. The first-order valence-corrected chi connectivity index (χ1v) is 5.55. The fourth-order valence-corrected chi connectivity index (χ4v) is 1.91. The molecular weight excluding hydrogens is 271 g/mol. The molecule has 0 saturated carbocycles. The molecule has 0 aliphatic carbocycles. The number of halogens is 2. The van der Waals surface area contributed by atoms with Gasteiger partial charge in [0.15, 0.2) is 5.82 Å². The number of ether oxygens (including phenoxy) is 1. The molecule has 5 nitrogen and oxygen atoms in total. The van der Waals surface area contributed by atoms with E-state index >= 15 is 0 Å². The molecule has 17 heavy (non-hydrogen) atoms. The Hall–Kier alpha value is -1.73. The van der Waals surface area contributed by atoms with Crippen LogP contribution in [0, 0.1) is 15.9 Å². The average Bonchev–Trinajstić information content (AvgIpc) is 2.67. The normalized spacial score (nSPS) is 10.2. The van der Waals surface area contributed by atoms with Crippen molar-refractivity contribution in [3.05, 3.63) is 44.7 Å². The number of nitrogens with zero attached hydrogens (tertiary/aromatic N) is 2. The van der Waals surface area contributed by atoms with Crippen LogP contribution < -0.4 is 4.74 Å². The SMILES string of the molecule is O=[N+]([O-])c1cccc(F)c1Oc1nc(Cl)cs1. The van der Waals surface area contributed by atoms with Gasteiger partial charge in [-0.15, -0.1) is 0 Å². The van der Waals surface area contributed by atoms with Crippen molar-refractivity contribution in [3.63, 3.8) is 0 Å². The highest BCUT2D eigenvalue weighted by molar-refractivity contribution is 7.11. The molecular formula is C9H4ClFN2O3S. The summed E-state index contributed by atoms with van der Waals surface area (Å²) < 4.78 is 18.4. The molecule has 8 heteroatoms. The molecule has 0 atom stereocenters. The molecule has 0 aliphatic heterocycles. The smallest absolute Gasteiger partial charge is 0.314 e. The van der Waals surface area contributed by atoms with E-state index in [1.165, 1.54) is 11.4 Å². The van der Waals surface area contributed by atoms with Gasteiger partial charge in [0, 0.05) is 11.4 Å².